The highest BCUT2D eigenvalue weighted by Crippen LogP contribution is 2.46. The quantitative estimate of drug-likeness (QED) is 0.781. The van der Waals surface area contributed by atoms with E-state index < -0.39 is 10.0 Å². The monoisotopic (exact) mass is 345 g/mol. The molecular formula is C18H23N3O2S. The molecule has 0 radical (unpaired) electrons. The number of benzene rings is 1. The second kappa shape index (κ2) is 5.30. The zero-order chi connectivity index (χ0) is 16.3. The minimum atomic E-state index is -3.51. The van der Waals surface area contributed by atoms with Crippen LogP contribution in [0.4, 0.5) is 0 Å². The molecule has 3 fully saturated rings. The number of hydrogen-bond donors (Lipinski definition) is 0. The zero-order valence-corrected chi connectivity index (χ0v) is 14.6. The van der Waals surface area contributed by atoms with Crippen molar-refractivity contribution in [2.45, 2.75) is 36.6 Å². The van der Waals surface area contributed by atoms with Crippen molar-refractivity contribution in [1.29, 1.82) is 0 Å². The molecule has 1 saturated heterocycles. The molecular weight excluding hydrogens is 322 g/mol. The number of nitrogens with zero attached hydrogens (tertiary/aromatic N) is 3. The molecule has 2 bridgehead atoms. The Labute approximate surface area is 143 Å². The lowest BCUT2D eigenvalue weighted by Crippen LogP contribution is -2.53. The third-order valence-corrected chi connectivity index (χ3v) is 7.72. The molecule has 6 heteroatoms. The van der Waals surface area contributed by atoms with E-state index in [9.17, 15) is 8.42 Å². The topological polar surface area (TPSA) is 53.0 Å². The Hall–Kier alpha value is -1.40. The summed E-state index contributed by atoms with van der Waals surface area (Å²) in [6.07, 6.45) is 5.66. The first-order valence-corrected chi connectivity index (χ1v) is 10.5. The van der Waals surface area contributed by atoms with Gasteiger partial charge in [0.25, 0.3) is 10.0 Å². The van der Waals surface area contributed by atoms with Crippen molar-refractivity contribution in [2.75, 3.05) is 26.2 Å². The predicted octanol–water partition coefficient (Wildman–Crippen LogP) is 1.94. The lowest BCUT2D eigenvalue weighted by Gasteiger charge is -2.41. The summed E-state index contributed by atoms with van der Waals surface area (Å²) in [5.74, 6) is 2.53. The van der Waals surface area contributed by atoms with Crippen molar-refractivity contribution in [3.63, 3.8) is 0 Å². The van der Waals surface area contributed by atoms with Crippen LogP contribution < -0.4 is 0 Å². The summed E-state index contributed by atoms with van der Waals surface area (Å²) < 4.78 is 28.6. The van der Waals surface area contributed by atoms with E-state index in [0.29, 0.717) is 10.7 Å². The first kappa shape index (κ1) is 14.9. The van der Waals surface area contributed by atoms with Crippen molar-refractivity contribution in [1.82, 2.24) is 9.80 Å². The minimum Gasteiger partial charge on any atom is -0.353 e. The van der Waals surface area contributed by atoms with Gasteiger partial charge in [-0.15, -0.1) is 4.40 Å². The van der Waals surface area contributed by atoms with Gasteiger partial charge in [0.2, 0.25) is 0 Å². The van der Waals surface area contributed by atoms with Gasteiger partial charge < -0.3 is 4.90 Å². The molecule has 0 aromatic heterocycles. The maximum absolute atomic E-state index is 12.2. The molecule has 2 aliphatic heterocycles. The minimum absolute atomic E-state index is 0.357. The molecule has 4 aliphatic rings. The SMILES string of the molecule is O=S1(=O)N=C(N2CCN(C3CC4CCC3C4)CC2)c2ccccc21. The molecule has 2 heterocycles. The van der Waals surface area contributed by atoms with Crippen LogP contribution in [-0.4, -0.2) is 56.3 Å². The van der Waals surface area contributed by atoms with E-state index in [1.54, 1.807) is 12.1 Å². The number of rotatable bonds is 1. The second-order valence-corrected chi connectivity index (χ2v) is 9.22. The van der Waals surface area contributed by atoms with Crippen LogP contribution in [0.25, 0.3) is 0 Å². The Morgan fingerprint density at radius 1 is 1.00 bits per heavy atom. The van der Waals surface area contributed by atoms with Gasteiger partial charge in [-0.3, -0.25) is 4.90 Å². The molecule has 5 rings (SSSR count). The third kappa shape index (κ3) is 2.23. The molecule has 0 amide bonds. The fourth-order valence-electron chi connectivity index (χ4n) is 5.24. The van der Waals surface area contributed by atoms with Gasteiger partial charge in [-0.25, -0.2) is 0 Å². The molecule has 5 nitrogen and oxygen atoms in total. The molecule has 3 unspecified atom stereocenters. The van der Waals surface area contributed by atoms with Crippen LogP contribution in [0, 0.1) is 11.8 Å². The van der Waals surface area contributed by atoms with Crippen LogP contribution in [0.15, 0.2) is 33.6 Å². The predicted molar refractivity (Wildman–Crippen MR) is 92.5 cm³/mol. The molecule has 1 aromatic carbocycles. The molecule has 1 aromatic rings. The van der Waals surface area contributed by atoms with Crippen LogP contribution in [-0.2, 0) is 10.0 Å². The number of fused-ring (bicyclic) bond motifs is 3. The van der Waals surface area contributed by atoms with Gasteiger partial charge in [0.05, 0.1) is 0 Å². The van der Waals surface area contributed by atoms with Crippen LogP contribution in [0.3, 0.4) is 0 Å². The molecule has 2 aliphatic carbocycles. The summed E-state index contributed by atoms with van der Waals surface area (Å²) in [5, 5.41) is 0. The summed E-state index contributed by atoms with van der Waals surface area (Å²) in [7, 11) is -3.51. The molecule has 0 spiro atoms. The number of hydrogen-bond acceptors (Lipinski definition) is 4. The lowest BCUT2D eigenvalue weighted by atomic mass is 9.93. The van der Waals surface area contributed by atoms with Crippen LogP contribution >= 0.6 is 0 Å². The van der Waals surface area contributed by atoms with Crippen LogP contribution in [0.5, 0.6) is 0 Å². The highest BCUT2D eigenvalue weighted by atomic mass is 32.2. The Morgan fingerprint density at radius 3 is 2.50 bits per heavy atom. The van der Waals surface area contributed by atoms with Gasteiger partial charge in [-0.05, 0) is 43.2 Å². The first-order valence-electron chi connectivity index (χ1n) is 9.05. The summed E-state index contributed by atoms with van der Waals surface area (Å²) in [6.45, 7) is 3.79. The number of piperazine rings is 1. The van der Waals surface area contributed by atoms with Gasteiger partial charge >= 0.3 is 0 Å². The van der Waals surface area contributed by atoms with Gasteiger partial charge in [0.1, 0.15) is 4.90 Å². The smallest absolute Gasteiger partial charge is 0.285 e. The number of amidine groups is 1. The third-order valence-electron chi connectivity index (χ3n) is 6.40. The van der Waals surface area contributed by atoms with Gasteiger partial charge in [0, 0.05) is 37.8 Å². The Bertz CT molecular complexity index is 796. The Morgan fingerprint density at radius 2 is 1.79 bits per heavy atom. The average Bonchev–Trinajstić information content (AvgIpc) is 3.29. The zero-order valence-electron chi connectivity index (χ0n) is 13.8. The van der Waals surface area contributed by atoms with Gasteiger partial charge in [-0.1, -0.05) is 18.6 Å². The van der Waals surface area contributed by atoms with Crippen molar-refractivity contribution in [3.05, 3.63) is 29.8 Å². The van der Waals surface area contributed by atoms with Crippen molar-refractivity contribution in [3.8, 4) is 0 Å². The summed E-state index contributed by atoms with van der Waals surface area (Å²) >= 11 is 0. The highest BCUT2D eigenvalue weighted by Gasteiger charge is 2.43. The molecule has 24 heavy (non-hydrogen) atoms. The summed E-state index contributed by atoms with van der Waals surface area (Å²) in [5.41, 5.74) is 0.769. The van der Waals surface area contributed by atoms with Crippen LogP contribution in [0.2, 0.25) is 0 Å². The number of sulfonamides is 1. The maximum atomic E-state index is 12.2. The first-order chi connectivity index (χ1) is 11.6. The summed E-state index contributed by atoms with van der Waals surface area (Å²) in [6, 6.07) is 7.96. The second-order valence-electron chi connectivity index (χ2n) is 7.65. The fourth-order valence-corrected chi connectivity index (χ4v) is 6.47. The largest absolute Gasteiger partial charge is 0.353 e. The normalized spacial score (nSPS) is 34.4. The van der Waals surface area contributed by atoms with Crippen molar-refractivity contribution < 1.29 is 8.42 Å². The van der Waals surface area contributed by atoms with E-state index in [4.69, 9.17) is 0 Å². The van der Waals surface area contributed by atoms with E-state index >= 15 is 0 Å². The molecule has 0 N–H and O–H groups in total. The van der Waals surface area contributed by atoms with E-state index in [0.717, 1.165) is 49.6 Å². The van der Waals surface area contributed by atoms with E-state index in [1.165, 1.54) is 25.7 Å². The van der Waals surface area contributed by atoms with E-state index in [-0.39, 0.29) is 0 Å². The Kier molecular flexibility index (Phi) is 3.29. The standard InChI is InChI=1S/C18H23N3O2S/c22-24(23)17-4-2-1-3-15(17)18(19-24)21-9-7-20(8-10-21)16-12-13-5-6-14(16)11-13/h1-4,13-14,16H,5-12H2. The fraction of sp³-hybridized carbons (Fsp3) is 0.611. The summed E-state index contributed by atoms with van der Waals surface area (Å²) in [4.78, 5) is 5.17. The van der Waals surface area contributed by atoms with E-state index in [2.05, 4.69) is 14.2 Å². The molecule has 128 valence electrons. The Balaban J connectivity index is 1.33. The lowest BCUT2D eigenvalue weighted by molar-refractivity contribution is 0.0974. The van der Waals surface area contributed by atoms with Gasteiger partial charge in [0.15, 0.2) is 5.84 Å². The van der Waals surface area contributed by atoms with Gasteiger partial charge in [-0.2, -0.15) is 8.42 Å². The highest BCUT2D eigenvalue weighted by molar-refractivity contribution is 7.90. The van der Waals surface area contributed by atoms with Crippen molar-refractivity contribution >= 4 is 15.9 Å². The maximum Gasteiger partial charge on any atom is 0.285 e. The molecule has 3 atom stereocenters. The van der Waals surface area contributed by atoms with E-state index in [1.807, 2.05) is 12.1 Å². The van der Waals surface area contributed by atoms with Crippen LogP contribution in [0.1, 0.15) is 31.2 Å². The molecule has 2 saturated carbocycles. The van der Waals surface area contributed by atoms with Crippen molar-refractivity contribution in [2.24, 2.45) is 16.2 Å². The average molecular weight is 345 g/mol.